The van der Waals surface area contributed by atoms with Crippen LogP contribution in [0.1, 0.15) is 38.3 Å². The van der Waals surface area contributed by atoms with Crippen molar-refractivity contribution in [3.05, 3.63) is 18.0 Å². The van der Waals surface area contributed by atoms with Crippen LogP contribution in [-0.2, 0) is 4.79 Å². The summed E-state index contributed by atoms with van der Waals surface area (Å²) in [7, 11) is 0. The second kappa shape index (κ2) is 7.22. The van der Waals surface area contributed by atoms with Gasteiger partial charge in [-0.3, -0.25) is 4.79 Å². The molecule has 1 aliphatic carbocycles. The zero-order valence-electron chi connectivity index (χ0n) is 12.6. The number of hydrogen-bond donors (Lipinski definition) is 2. The average molecular weight is 309 g/mol. The number of likely N-dealkylation sites (N-methyl/N-ethyl adjacent to an activating group) is 1. The Bertz CT molecular complexity index is 498. The number of carboxylic acids is 1. The predicted octanol–water partition coefficient (Wildman–Crippen LogP) is 2.50. The normalized spacial score (nSPS) is 25.1. The van der Waals surface area contributed by atoms with Crippen LogP contribution in [0.25, 0.3) is 0 Å². The maximum atomic E-state index is 11.7. The zero-order valence-corrected chi connectivity index (χ0v) is 13.4. The molecule has 0 amide bonds. The van der Waals surface area contributed by atoms with Crippen molar-refractivity contribution in [2.24, 2.45) is 5.92 Å². The number of nitrogens with one attached hydrogen (secondary N) is 1. The smallest absolute Gasteiger partial charge is 0.324 e. The van der Waals surface area contributed by atoms with E-state index in [9.17, 15) is 9.90 Å². The van der Waals surface area contributed by atoms with E-state index in [0.29, 0.717) is 6.54 Å². The SMILES string of the molecule is CCNC1(C(=O)O)CCCC1CCSc1nccc(C)n1. The number of aliphatic carboxylic acids is 1. The molecule has 21 heavy (non-hydrogen) atoms. The molecule has 0 radical (unpaired) electrons. The first kappa shape index (κ1) is 16.2. The molecule has 1 fully saturated rings. The fourth-order valence-corrected chi connectivity index (χ4v) is 4.09. The van der Waals surface area contributed by atoms with Gasteiger partial charge in [-0.2, -0.15) is 0 Å². The third-order valence-electron chi connectivity index (χ3n) is 4.16. The molecule has 1 saturated carbocycles. The van der Waals surface area contributed by atoms with Gasteiger partial charge in [-0.15, -0.1) is 0 Å². The van der Waals surface area contributed by atoms with E-state index in [-0.39, 0.29) is 5.92 Å². The molecular weight excluding hydrogens is 286 g/mol. The van der Waals surface area contributed by atoms with Crippen molar-refractivity contribution in [3.63, 3.8) is 0 Å². The predicted molar refractivity (Wildman–Crippen MR) is 83.5 cm³/mol. The van der Waals surface area contributed by atoms with Crippen LogP contribution in [0.15, 0.2) is 17.4 Å². The standard InChI is InChI=1S/C15H23N3O2S/c1-3-17-15(13(19)20)8-4-5-12(15)7-10-21-14-16-9-6-11(2)18-14/h6,9,12,17H,3-5,7-8,10H2,1-2H3,(H,19,20). The lowest BCUT2D eigenvalue weighted by molar-refractivity contribution is -0.146. The van der Waals surface area contributed by atoms with E-state index in [1.807, 2.05) is 19.9 Å². The number of aryl methyl sites for hydroxylation is 1. The minimum absolute atomic E-state index is 0.187. The number of aromatic nitrogens is 2. The van der Waals surface area contributed by atoms with Gasteiger partial charge in [0.05, 0.1) is 0 Å². The highest BCUT2D eigenvalue weighted by Gasteiger charge is 2.48. The maximum absolute atomic E-state index is 11.7. The maximum Gasteiger partial charge on any atom is 0.324 e. The van der Waals surface area contributed by atoms with E-state index in [2.05, 4.69) is 15.3 Å². The van der Waals surface area contributed by atoms with E-state index in [4.69, 9.17) is 0 Å². The molecule has 0 aromatic carbocycles. The molecule has 0 saturated heterocycles. The van der Waals surface area contributed by atoms with E-state index in [0.717, 1.165) is 42.3 Å². The van der Waals surface area contributed by atoms with Crippen molar-refractivity contribution in [1.29, 1.82) is 0 Å². The molecule has 2 atom stereocenters. The van der Waals surface area contributed by atoms with Crippen molar-refractivity contribution < 1.29 is 9.90 Å². The van der Waals surface area contributed by atoms with Crippen molar-refractivity contribution >= 4 is 17.7 Å². The van der Waals surface area contributed by atoms with Gasteiger partial charge in [0.25, 0.3) is 0 Å². The van der Waals surface area contributed by atoms with Crippen LogP contribution in [0.4, 0.5) is 0 Å². The van der Waals surface area contributed by atoms with E-state index in [1.165, 1.54) is 0 Å². The third kappa shape index (κ3) is 3.74. The summed E-state index contributed by atoms with van der Waals surface area (Å²) in [6, 6.07) is 1.88. The summed E-state index contributed by atoms with van der Waals surface area (Å²) in [6.45, 7) is 4.61. The molecule has 5 nitrogen and oxygen atoms in total. The second-order valence-electron chi connectivity index (χ2n) is 5.51. The molecule has 1 aromatic rings. The van der Waals surface area contributed by atoms with Gasteiger partial charge in [0.1, 0.15) is 5.54 Å². The monoisotopic (exact) mass is 309 g/mol. The molecule has 1 aliphatic rings. The molecule has 0 bridgehead atoms. The van der Waals surface area contributed by atoms with Crippen molar-refractivity contribution in [1.82, 2.24) is 15.3 Å². The fourth-order valence-electron chi connectivity index (χ4n) is 3.16. The Morgan fingerprint density at radius 2 is 2.43 bits per heavy atom. The van der Waals surface area contributed by atoms with E-state index in [1.54, 1.807) is 18.0 Å². The molecular formula is C15H23N3O2S. The largest absolute Gasteiger partial charge is 0.480 e. The lowest BCUT2D eigenvalue weighted by Gasteiger charge is -2.32. The van der Waals surface area contributed by atoms with Gasteiger partial charge in [-0.1, -0.05) is 25.1 Å². The highest BCUT2D eigenvalue weighted by molar-refractivity contribution is 7.99. The first-order chi connectivity index (χ1) is 10.1. The molecule has 2 unspecified atom stereocenters. The van der Waals surface area contributed by atoms with Gasteiger partial charge in [0.15, 0.2) is 5.16 Å². The number of carboxylic acid groups (broad SMARTS) is 1. The second-order valence-corrected chi connectivity index (χ2v) is 6.58. The zero-order chi connectivity index (χ0) is 15.3. The topological polar surface area (TPSA) is 75.1 Å². The van der Waals surface area contributed by atoms with E-state index >= 15 is 0 Å². The van der Waals surface area contributed by atoms with Crippen LogP contribution < -0.4 is 5.32 Å². The Morgan fingerprint density at radius 3 is 3.10 bits per heavy atom. The number of hydrogen-bond acceptors (Lipinski definition) is 5. The molecule has 0 aliphatic heterocycles. The molecule has 2 rings (SSSR count). The molecule has 1 heterocycles. The number of carbonyl (C=O) groups is 1. The quantitative estimate of drug-likeness (QED) is 0.595. The summed E-state index contributed by atoms with van der Waals surface area (Å²) in [5.41, 5.74) is 0.226. The van der Waals surface area contributed by atoms with Gasteiger partial charge in [-0.25, -0.2) is 9.97 Å². The fraction of sp³-hybridized carbons (Fsp3) is 0.667. The molecule has 6 heteroatoms. The summed E-state index contributed by atoms with van der Waals surface area (Å²) in [5, 5.41) is 13.6. The van der Waals surface area contributed by atoms with Gasteiger partial charge in [-0.05, 0) is 44.7 Å². The average Bonchev–Trinajstić information content (AvgIpc) is 2.84. The summed E-state index contributed by atoms with van der Waals surface area (Å²) < 4.78 is 0. The van der Waals surface area contributed by atoms with Gasteiger partial charge in [0.2, 0.25) is 0 Å². The lowest BCUT2D eigenvalue weighted by atomic mass is 9.85. The Balaban J connectivity index is 1.93. The van der Waals surface area contributed by atoms with Gasteiger partial charge in [0, 0.05) is 17.6 Å². The van der Waals surface area contributed by atoms with E-state index < -0.39 is 11.5 Å². The third-order valence-corrected chi connectivity index (χ3v) is 5.06. The van der Waals surface area contributed by atoms with Gasteiger partial charge < -0.3 is 10.4 Å². The molecule has 0 spiro atoms. The summed E-state index contributed by atoms with van der Waals surface area (Å²) >= 11 is 1.61. The Kier molecular flexibility index (Phi) is 5.58. The van der Waals surface area contributed by atoms with Crippen molar-refractivity contribution in [2.75, 3.05) is 12.3 Å². The lowest BCUT2D eigenvalue weighted by Crippen LogP contribution is -2.54. The summed E-state index contributed by atoms with van der Waals surface area (Å²) in [6.07, 6.45) is 5.33. The molecule has 2 N–H and O–H groups in total. The summed E-state index contributed by atoms with van der Waals surface area (Å²) in [5.74, 6) is 0.338. The van der Waals surface area contributed by atoms with Crippen LogP contribution in [0.5, 0.6) is 0 Å². The Morgan fingerprint density at radius 1 is 1.62 bits per heavy atom. The Hall–Kier alpha value is -1.14. The molecule has 116 valence electrons. The minimum atomic E-state index is -0.733. The highest BCUT2D eigenvalue weighted by atomic mass is 32.2. The minimum Gasteiger partial charge on any atom is -0.480 e. The van der Waals surface area contributed by atoms with Crippen molar-refractivity contribution in [2.45, 2.75) is 50.2 Å². The van der Waals surface area contributed by atoms with Crippen LogP contribution in [0.3, 0.4) is 0 Å². The summed E-state index contributed by atoms with van der Waals surface area (Å²) in [4.78, 5) is 20.3. The van der Waals surface area contributed by atoms with Gasteiger partial charge >= 0.3 is 5.97 Å². The number of rotatable bonds is 7. The number of thioether (sulfide) groups is 1. The first-order valence-corrected chi connectivity index (χ1v) is 8.48. The molecule has 1 aromatic heterocycles. The first-order valence-electron chi connectivity index (χ1n) is 7.49. The Labute approximate surface area is 130 Å². The van der Waals surface area contributed by atoms with Crippen LogP contribution in [0, 0.1) is 12.8 Å². The van der Waals surface area contributed by atoms with Crippen LogP contribution in [0.2, 0.25) is 0 Å². The van der Waals surface area contributed by atoms with Crippen molar-refractivity contribution in [3.8, 4) is 0 Å². The highest BCUT2D eigenvalue weighted by Crippen LogP contribution is 2.39. The van der Waals surface area contributed by atoms with Crippen LogP contribution in [-0.4, -0.2) is 38.9 Å². The number of nitrogens with zero attached hydrogens (tertiary/aromatic N) is 2. The van der Waals surface area contributed by atoms with Crippen LogP contribution >= 0.6 is 11.8 Å².